The Morgan fingerprint density at radius 2 is 1.81 bits per heavy atom. The summed E-state index contributed by atoms with van der Waals surface area (Å²) in [4.78, 5) is 12.1. The van der Waals surface area contributed by atoms with Gasteiger partial charge in [0.1, 0.15) is 0 Å². The Bertz CT molecular complexity index is 564. The Labute approximate surface area is 127 Å². The van der Waals surface area contributed by atoms with Crippen LogP contribution in [-0.4, -0.2) is 31.9 Å². The standard InChI is InChI=1S/C16H25NO3S/c1-5-21(19,20)12-13(2)17-15(18)11-16(3,4)14-9-7-6-8-10-14/h6-10,13H,5,11-12H2,1-4H3,(H,17,18). The van der Waals surface area contributed by atoms with Gasteiger partial charge in [-0.2, -0.15) is 0 Å². The minimum absolute atomic E-state index is 0.0129. The maximum absolute atomic E-state index is 12.1. The molecule has 5 heteroatoms. The fourth-order valence-electron chi connectivity index (χ4n) is 2.26. The van der Waals surface area contributed by atoms with E-state index in [0.29, 0.717) is 6.42 Å². The third-order valence-electron chi connectivity index (χ3n) is 3.51. The van der Waals surface area contributed by atoms with Gasteiger partial charge in [0.05, 0.1) is 5.75 Å². The summed E-state index contributed by atoms with van der Waals surface area (Å²) < 4.78 is 23.1. The molecule has 0 heterocycles. The van der Waals surface area contributed by atoms with Crippen LogP contribution >= 0.6 is 0 Å². The second-order valence-electron chi connectivity index (χ2n) is 6.09. The number of carbonyl (C=O) groups is 1. The molecular weight excluding hydrogens is 286 g/mol. The lowest BCUT2D eigenvalue weighted by Gasteiger charge is -2.25. The smallest absolute Gasteiger partial charge is 0.221 e. The molecule has 4 nitrogen and oxygen atoms in total. The molecule has 1 unspecified atom stereocenters. The molecule has 118 valence electrons. The Morgan fingerprint density at radius 3 is 2.33 bits per heavy atom. The molecule has 0 aliphatic carbocycles. The van der Waals surface area contributed by atoms with Gasteiger partial charge in [0, 0.05) is 18.2 Å². The van der Waals surface area contributed by atoms with Crippen molar-refractivity contribution in [2.24, 2.45) is 0 Å². The summed E-state index contributed by atoms with van der Waals surface area (Å²) >= 11 is 0. The van der Waals surface area contributed by atoms with Gasteiger partial charge in [-0.05, 0) is 17.9 Å². The van der Waals surface area contributed by atoms with Crippen LogP contribution in [0.25, 0.3) is 0 Å². The van der Waals surface area contributed by atoms with Gasteiger partial charge in [-0.25, -0.2) is 8.42 Å². The highest BCUT2D eigenvalue weighted by Gasteiger charge is 2.25. The van der Waals surface area contributed by atoms with Crippen LogP contribution in [0.4, 0.5) is 0 Å². The molecule has 0 aliphatic heterocycles. The molecule has 0 spiro atoms. The van der Waals surface area contributed by atoms with Gasteiger partial charge in [-0.3, -0.25) is 4.79 Å². The summed E-state index contributed by atoms with van der Waals surface area (Å²) in [7, 11) is -3.07. The lowest BCUT2D eigenvalue weighted by molar-refractivity contribution is -0.122. The van der Waals surface area contributed by atoms with E-state index >= 15 is 0 Å². The van der Waals surface area contributed by atoms with Gasteiger partial charge in [0.25, 0.3) is 0 Å². The molecule has 21 heavy (non-hydrogen) atoms. The number of hydrogen-bond acceptors (Lipinski definition) is 3. The van der Waals surface area contributed by atoms with Crippen LogP contribution in [0.3, 0.4) is 0 Å². The van der Waals surface area contributed by atoms with Crippen LogP contribution in [0.15, 0.2) is 30.3 Å². The number of amides is 1. The SMILES string of the molecule is CCS(=O)(=O)CC(C)NC(=O)CC(C)(C)c1ccccc1. The van der Waals surface area contributed by atoms with E-state index in [-0.39, 0.29) is 28.9 Å². The molecule has 1 rings (SSSR count). The average molecular weight is 311 g/mol. The van der Waals surface area contributed by atoms with Gasteiger partial charge >= 0.3 is 0 Å². The van der Waals surface area contributed by atoms with Gasteiger partial charge in [-0.1, -0.05) is 51.1 Å². The van der Waals surface area contributed by atoms with Crippen molar-refractivity contribution in [2.75, 3.05) is 11.5 Å². The van der Waals surface area contributed by atoms with E-state index in [2.05, 4.69) is 5.32 Å². The molecule has 1 atom stereocenters. The van der Waals surface area contributed by atoms with E-state index in [4.69, 9.17) is 0 Å². The van der Waals surface area contributed by atoms with Crippen LogP contribution in [0.5, 0.6) is 0 Å². The Hall–Kier alpha value is -1.36. The van der Waals surface area contributed by atoms with Gasteiger partial charge in [0.15, 0.2) is 9.84 Å². The zero-order valence-electron chi connectivity index (χ0n) is 13.2. The monoisotopic (exact) mass is 311 g/mol. The van der Waals surface area contributed by atoms with Crippen molar-refractivity contribution in [3.63, 3.8) is 0 Å². The quantitative estimate of drug-likeness (QED) is 0.840. The maximum atomic E-state index is 12.1. The largest absolute Gasteiger partial charge is 0.353 e. The highest BCUT2D eigenvalue weighted by atomic mass is 32.2. The molecule has 0 fully saturated rings. The second-order valence-corrected chi connectivity index (χ2v) is 8.49. The van der Waals surface area contributed by atoms with Crippen molar-refractivity contribution in [2.45, 2.75) is 45.6 Å². The van der Waals surface area contributed by atoms with Crippen LogP contribution < -0.4 is 5.32 Å². The number of rotatable bonds is 7. The predicted octanol–water partition coefficient (Wildman–Crippen LogP) is 2.29. The highest BCUT2D eigenvalue weighted by molar-refractivity contribution is 7.91. The Kier molecular flexibility index (Phi) is 5.96. The number of benzene rings is 1. The van der Waals surface area contributed by atoms with E-state index in [1.807, 2.05) is 44.2 Å². The van der Waals surface area contributed by atoms with Crippen molar-refractivity contribution in [3.05, 3.63) is 35.9 Å². The lowest BCUT2D eigenvalue weighted by atomic mass is 9.81. The summed E-state index contributed by atoms with van der Waals surface area (Å²) in [5.41, 5.74) is 0.809. The molecule has 0 saturated carbocycles. The van der Waals surface area contributed by atoms with Crippen molar-refractivity contribution in [1.82, 2.24) is 5.32 Å². The number of sulfone groups is 1. The Morgan fingerprint density at radius 1 is 1.24 bits per heavy atom. The molecule has 0 bridgehead atoms. The number of hydrogen-bond donors (Lipinski definition) is 1. The van der Waals surface area contributed by atoms with E-state index in [9.17, 15) is 13.2 Å². The molecular formula is C16H25NO3S. The van der Waals surface area contributed by atoms with E-state index in [1.54, 1.807) is 13.8 Å². The maximum Gasteiger partial charge on any atom is 0.221 e. The summed E-state index contributed by atoms with van der Waals surface area (Å²) in [6.45, 7) is 7.35. The minimum Gasteiger partial charge on any atom is -0.353 e. The first kappa shape index (κ1) is 17.7. The van der Waals surface area contributed by atoms with Crippen LogP contribution in [0.1, 0.15) is 39.7 Å². The second kappa shape index (κ2) is 7.07. The third kappa shape index (κ3) is 5.87. The normalized spacial score (nSPS) is 13.7. The van der Waals surface area contributed by atoms with Crippen LogP contribution in [0.2, 0.25) is 0 Å². The summed E-state index contributed by atoms with van der Waals surface area (Å²) in [6.07, 6.45) is 0.327. The zero-order valence-corrected chi connectivity index (χ0v) is 14.0. The predicted molar refractivity (Wildman–Crippen MR) is 86.0 cm³/mol. The first-order chi connectivity index (χ1) is 9.66. The molecule has 1 amide bonds. The molecule has 1 aromatic carbocycles. The lowest BCUT2D eigenvalue weighted by Crippen LogP contribution is -2.40. The Balaban J connectivity index is 2.61. The fourth-order valence-corrected chi connectivity index (χ4v) is 3.34. The summed E-state index contributed by atoms with van der Waals surface area (Å²) in [5.74, 6) is -0.0355. The molecule has 1 aromatic rings. The van der Waals surface area contributed by atoms with E-state index in [1.165, 1.54) is 0 Å². The molecule has 0 aliphatic rings. The van der Waals surface area contributed by atoms with Gasteiger partial charge in [0.2, 0.25) is 5.91 Å². The van der Waals surface area contributed by atoms with Crippen molar-refractivity contribution < 1.29 is 13.2 Å². The van der Waals surface area contributed by atoms with Crippen LogP contribution in [-0.2, 0) is 20.0 Å². The van der Waals surface area contributed by atoms with Gasteiger partial charge in [-0.15, -0.1) is 0 Å². The zero-order chi connectivity index (χ0) is 16.1. The van der Waals surface area contributed by atoms with E-state index in [0.717, 1.165) is 5.56 Å². The fraction of sp³-hybridized carbons (Fsp3) is 0.562. The molecule has 0 saturated heterocycles. The number of carbonyl (C=O) groups excluding carboxylic acids is 1. The van der Waals surface area contributed by atoms with Crippen molar-refractivity contribution in [1.29, 1.82) is 0 Å². The number of nitrogens with one attached hydrogen (secondary N) is 1. The van der Waals surface area contributed by atoms with Crippen molar-refractivity contribution in [3.8, 4) is 0 Å². The summed E-state index contributed by atoms with van der Waals surface area (Å²) in [5, 5.41) is 2.78. The molecule has 0 aromatic heterocycles. The first-order valence-electron chi connectivity index (χ1n) is 7.21. The topological polar surface area (TPSA) is 63.2 Å². The minimum atomic E-state index is -3.07. The molecule has 0 radical (unpaired) electrons. The first-order valence-corrected chi connectivity index (χ1v) is 9.04. The van der Waals surface area contributed by atoms with E-state index < -0.39 is 9.84 Å². The highest BCUT2D eigenvalue weighted by Crippen LogP contribution is 2.26. The molecule has 1 N–H and O–H groups in total. The van der Waals surface area contributed by atoms with Gasteiger partial charge < -0.3 is 5.32 Å². The summed E-state index contributed by atoms with van der Waals surface area (Å²) in [6, 6.07) is 9.47. The van der Waals surface area contributed by atoms with Crippen molar-refractivity contribution >= 4 is 15.7 Å². The van der Waals surface area contributed by atoms with Crippen LogP contribution in [0, 0.1) is 0 Å². The average Bonchev–Trinajstić information content (AvgIpc) is 2.38. The third-order valence-corrected chi connectivity index (χ3v) is 5.40.